The highest BCUT2D eigenvalue weighted by Crippen LogP contribution is 2.24. The first-order valence-corrected chi connectivity index (χ1v) is 10.8. The third kappa shape index (κ3) is 5.14. The van der Waals surface area contributed by atoms with Gasteiger partial charge in [0.2, 0.25) is 11.1 Å². The van der Waals surface area contributed by atoms with Crippen LogP contribution >= 0.6 is 11.8 Å². The number of hydrogen-bond donors (Lipinski definition) is 1. The average molecular weight is 419 g/mol. The second kappa shape index (κ2) is 8.94. The maximum absolute atomic E-state index is 12.6. The minimum Gasteiger partial charge on any atom is -0.497 e. The van der Waals surface area contributed by atoms with E-state index in [1.165, 1.54) is 16.4 Å². The fourth-order valence-electron chi connectivity index (χ4n) is 3.28. The molecule has 0 unspecified atom stereocenters. The number of rotatable bonds is 6. The van der Waals surface area contributed by atoms with Gasteiger partial charge in [0.05, 0.1) is 7.11 Å². The zero-order valence-electron chi connectivity index (χ0n) is 17.6. The van der Waals surface area contributed by atoms with Crippen molar-refractivity contribution in [1.82, 2.24) is 19.8 Å². The maximum atomic E-state index is 12.6. The van der Waals surface area contributed by atoms with Crippen LogP contribution < -0.4 is 15.5 Å². The summed E-state index contributed by atoms with van der Waals surface area (Å²) < 4.78 is 6.74. The Bertz CT molecular complexity index is 822. The first-order valence-electron chi connectivity index (χ1n) is 9.80. The summed E-state index contributed by atoms with van der Waals surface area (Å²) in [6.07, 6.45) is 0.463. The SMILES string of the molecule is COc1ccc(N2CCN(C(=O)CCSc3nnc(C(C)(C)C)n3N)CC2)cc1. The number of carbonyl (C=O) groups excluding carboxylic acids is 1. The number of amides is 1. The topological polar surface area (TPSA) is 89.5 Å². The van der Waals surface area contributed by atoms with Crippen LogP contribution in [-0.4, -0.2) is 64.7 Å². The van der Waals surface area contributed by atoms with Crippen LogP contribution in [-0.2, 0) is 10.2 Å². The van der Waals surface area contributed by atoms with E-state index in [0.29, 0.717) is 17.3 Å². The third-order valence-electron chi connectivity index (χ3n) is 4.95. The molecule has 2 heterocycles. The highest BCUT2D eigenvalue weighted by Gasteiger charge is 2.24. The van der Waals surface area contributed by atoms with Crippen molar-refractivity contribution < 1.29 is 9.53 Å². The van der Waals surface area contributed by atoms with Crippen LogP contribution in [0.4, 0.5) is 5.69 Å². The van der Waals surface area contributed by atoms with Crippen molar-refractivity contribution >= 4 is 23.4 Å². The number of hydrogen-bond acceptors (Lipinski definition) is 7. The highest BCUT2D eigenvalue weighted by molar-refractivity contribution is 7.99. The molecule has 2 aromatic rings. The van der Waals surface area contributed by atoms with Gasteiger partial charge in [0.15, 0.2) is 5.82 Å². The van der Waals surface area contributed by atoms with Crippen molar-refractivity contribution in [3.63, 3.8) is 0 Å². The quantitative estimate of drug-likeness (QED) is 0.568. The van der Waals surface area contributed by atoms with Gasteiger partial charge >= 0.3 is 0 Å². The molecule has 0 saturated carbocycles. The number of nitrogens with two attached hydrogens (primary N) is 1. The summed E-state index contributed by atoms with van der Waals surface area (Å²) >= 11 is 1.47. The summed E-state index contributed by atoms with van der Waals surface area (Å²) in [7, 11) is 1.67. The molecular formula is C20H30N6O2S. The number of aromatic nitrogens is 3. The molecule has 2 N–H and O–H groups in total. The lowest BCUT2D eigenvalue weighted by Gasteiger charge is -2.36. The van der Waals surface area contributed by atoms with Crippen LogP contribution in [0.25, 0.3) is 0 Å². The number of methoxy groups -OCH3 is 1. The van der Waals surface area contributed by atoms with Crippen molar-refractivity contribution in [2.45, 2.75) is 37.8 Å². The molecule has 3 rings (SSSR count). The number of carbonyl (C=O) groups is 1. The molecular weight excluding hydrogens is 388 g/mol. The van der Waals surface area contributed by atoms with Gasteiger partial charge in [0, 0.05) is 49.5 Å². The highest BCUT2D eigenvalue weighted by atomic mass is 32.2. The Kier molecular flexibility index (Phi) is 6.56. The average Bonchev–Trinajstić information content (AvgIpc) is 3.09. The molecule has 8 nitrogen and oxygen atoms in total. The lowest BCUT2D eigenvalue weighted by molar-refractivity contribution is -0.131. The van der Waals surface area contributed by atoms with E-state index >= 15 is 0 Å². The number of ether oxygens (including phenoxy) is 1. The summed E-state index contributed by atoms with van der Waals surface area (Å²) in [5, 5.41) is 8.98. The molecule has 1 aromatic carbocycles. The van der Waals surface area contributed by atoms with Gasteiger partial charge in [-0.15, -0.1) is 10.2 Å². The Balaban J connectivity index is 1.45. The zero-order valence-corrected chi connectivity index (χ0v) is 18.4. The van der Waals surface area contributed by atoms with E-state index in [1.807, 2.05) is 37.8 Å². The molecule has 0 aliphatic carbocycles. The molecule has 1 aliphatic rings. The van der Waals surface area contributed by atoms with Gasteiger partial charge in [-0.1, -0.05) is 32.5 Å². The van der Waals surface area contributed by atoms with E-state index in [4.69, 9.17) is 10.6 Å². The normalized spacial score (nSPS) is 14.9. The summed E-state index contributed by atoms with van der Waals surface area (Å²) in [6.45, 7) is 9.26. The van der Waals surface area contributed by atoms with Gasteiger partial charge in [0.25, 0.3) is 0 Å². The molecule has 1 aromatic heterocycles. The van der Waals surface area contributed by atoms with Gasteiger partial charge in [-0.3, -0.25) is 4.79 Å². The summed E-state index contributed by atoms with van der Waals surface area (Å²) in [4.78, 5) is 16.8. The molecule has 1 amide bonds. The van der Waals surface area contributed by atoms with Gasteiger partial charge in [-0.2, -0.15) is 0 Å². The largest absolute Gasteiger partial charge is 0.497 e. The van der Waals surface area contributed by atoms with Crippen LogP contribution in [0.1, 0.15) is 33.0 Å². The lowest BCUT2D eigenvalue weighted by atomic mass is 9.96. The molecule has 1 fully saturated rings. The monoisotopic (exact) mass is 418 g/mol. The summed E-state index contributed by atoms with van der Waals surface area (Å²) in [5.74, 6) is 8.50. The molecule has 0 spiro atoms. The Labute approximate surface area is 176 Å². The van der Waals surface area contributed by atoms with Crippen LogP contribution in [0.15, 0.2) is 29.4 Å². The Hall–Kier alpha value is -2.42. The minimum absolute atomic E-state index is 0.167. The van der Waals surface area contributed by atoms with Gasteiger partial charge in [0.1, 0.15) is 5.75 Å². The zero-order chi connectivity index (χ0) is 21.0. The standard InChI is InChI=1S/C20H30N6O2S/c1-20(2,3)18-22-23-19(26(18)21)29-14-9-17(27)25-12-10-24(11-13-25)15-5-7-16(28-4)8-6-15/h5-8H,9-14,21H2,1-4H3. The predicted molar refractivity (Wildman–Crippen MR) is 116 cm³/mol. The third-order valence-corrected chi connectivity index (χ3v) is 5.90. The molecule has 9 heteroatoms. The van der Waals surface area contributed by atoms with Gasteiger partial charge < -0.3 is 20.4 Å². The molecule has 0 atom stereocenters. The number of anilines is 1. The molecule has 158 valence electrons. The van der Waals surface area contributed by atoms with E-state index in [9.17, 15) is 4.79 Å². The fraction of sp³-hybridized carbons (Fsp3) is 0.550. The van der Waals surface area contributed by atoms with Crippen molar-refractivity contribution in [1.29, 1.82) is 0 Å². The summed E-state index contributed by atoms with van der Waals surface area (Å²) in [6, 6.07) is 8.04. The number of benzene rings is 1. The van der Waals surface area contributed by atoms with Crippen molar-refractivity contribution in [3.05, 3.63) is 30.1 Å². The maximum Gasteiger partial charge on any atom is 0.223 e. The Morgan fingerprint density at radius 3 is 2.34 bits per heavy atom. The molecule has 1 aliphatic heterocycles. The van der Waals surface area contributed by atoms with Gasteiger partial charge in [-0.05, 0) is 24.3 Å². The second-order valence-corrected chi connectivity index (χ2v) is 9.15. The van der Waals surface area contributed by atoms with E-state index in [0.717, 1.165) is 43.4 Å². The van der Waals surface area contributed by atoms with E-state index in [-0.39, 0.29) is 11.3 Å². The van der Waals surface area contributed by atoms with E-state index in [1.54, 1.807) is 7.11 Å². The van der Waals surface area contributed by atoms with Crippen molar-refractivity contribution in [3.8, 4) is 5.75 Å². The molecule has 29 heavy (non-hydrogen) atoms. The summed E-state index contributed by atoms with van der Waals surface area (Å²) in [5.41, 5.74) is 0.991. The van der Waals surface area contributed by atoms with E-state index < -0.39 is 0 Å². The Morgan fingerprint density at radius 1 is 1.14 bits per heavy atom. The number of piperazine rings is 1. The van der Waals surface area contributed by atoms with Crippen LogP contribution in [0.3, 0.4) is 0 Å². The first kappa shape index (κ1) is 21.3. The van der Waals surface area contributed by atoms with Crippen molar-refractivity contribution in [2.75, 3.05) is 49.8 Å². The van der Waals surface area contributed by atoms with Crippen molar-refractivity contribution in [2.24, 2.45) is 0 Å². The lowest BCUT2D eigenvalue weighted by Crippen LogP contribution is -2.48. The number of thioether (sulfide) groups is 1. The molecule has 1 saturated heterocycles. The predicted octanol–water partition coefficient (Wildman–Crippen LogP) is 2.13. The van der Waals surface area contributed by atoms with Gasteiger partial charge in [-0.25, -0.2) is 4.68 Å². The molecule has 0 radical (unpaired) electrons. The minimum atomic E-state index is -0.167. The number of nitrogens with zero attached hydrogens (tertiary/aromatic N) is 5. The second-order valence-electron chi connectivity index (χ2n) is 8.09. The van der Waals surface area contributed by atoms with Crippen LogP contribution in [0.5, 0.6) is 5.75 Å². The molecule has 0 bridgehead atoms. The van der Waals surface area contributed by atoms with Crippen LogP contribution in [0, 0.1) is 0 Å². The van der Waals surface area contributed by atoms with Crippen LogP contribution in [0.2, 0.25) is 0 Å². The van der Waals surface area contributed by atoms with E-state index in [2.05, 4.69) is 27.2 Å². The smallest absolute Gasteiger partial charge is 0.223 e. The first-order chi connectivity index (χ1) is 13.8. The number of nitrogen functional groups attached to an aromatic ring is 1. The fourth-order valence-corrected chi connectivity index (χ4v) is 4.07. The Morgan fingerprint density at radius 2 is 1.79 bits per heavy atom.